The lowest BCUT2D eigenvalue weighted by molar-refractivity contribution is -0.149. The average Bonchev–Trinajstić information content (AvgIpc) is 2.03. The van der Waals surface area contributed by atoms with Crippen LogP contribution in [0.25, 0.3) is 0 Å². The van der Waals surface area contributed by atoms with Crippen LogP contribution in [0.5, 0.6) is 0 Å². The molecule has 1 N–H and O–H groups in total. The van der Waals surface area contributed by atoms with Crippen molar-refractivity contribution in [1.82, 2.24) is 0 Å². The predicted molar refractivity (Wildman–Crippen MR) is 46.0 cm³/mol. The largest absolute Gasteiger partial charge is 0.467 e. The second-order valence-corrected chi connectivity index (χ2v) is 2.12. The third-order valence-electron chi connectivity index (χ3n) is 0.890. The molecule has 0 amide bonds. The SMILES string of the molecule is CCOC(C)=O.COC(=O)C(C)O. The Balaban J connectivity index is 0. The molecule has 0 heterocycles. The van der Waals surface area contributed by atoms with Crippen LogP contribution in [-0.4, -0.2) is 36.9 Å². The summed E-state index contributed by atoms with van der Waals surface area (Å²) in [5, 5.41) is 8.35. The Morgan fingerprint density at radius 2 is 1.92 bits per heavy atom. The Bertz CT molecular complexity index is 153. The fourth-order valence-corrected chi connectivity index (χ4v) is 0.374. The molecule has 0 aliphatic carbocycles. The van der Waals surface area contributed by atoms with Crippen LogP contribution in [0.2, 0.25) is 0 Å². The summed E-state index contributed by atoms with van der Waals surface area (Å²) in [6.45, 7) is 5.01. The van der Waals surface area contributed by atoms with E-state index in [9.17, 15) is 9.59 Å². The number of aliphatic hydroxyl groups is 1. The van der Waals surface area contributed by atoms with Crippen molar-refractivity contribution in [2.45, 2.75) is 26.9 Å². The molecule has 0 radical (unpaired) electrons. The van der Waals surface area contributed by atoms with Crippen LogP contribution in [-0.2, 0) is 19.1 Å². The third kappa shape index (κ3) is 13.8. The van der Waals surface area contributed by atoms with Gasteiger partial charge in [-0.25, -0.2) is 4.79 Å². The highest BCUT2D eigenvalue weighted by Gasteiger charge is 2.05. The molecular formula is C8H16O5. The third-order valence-corrected chi connectivity index (χ3v) is 0.890. The molecule has 0 bridgehead atoms. The van der Waals surface area contributed by atoms with Crippen molar-refractivity contribution >= 4 is 11.9 Å². The molecule has 0 rings (SSSR count). The van der Waals surface area contributed by atoms with Gasteiger partial charge in [0.2, 0.25) is 0 Å². The maximum Gasteiger partial charge on any atom is 0.334 e. The summed E-state index contributed by atoms with van der Waals surface area (Å²) in [7, 11) is 1.23. The van der Waals surface area contributed by atoms with Gasteiger partial charge < -0.3 is 14.6 Å². The van der Waals surface area contributed by atoms with Gasteiger partial charge in [-0.05, 0) is 13.8 Å². The molecule has 5 nitrogen and oxygen atoms in total. The lowest BCUT2D eigenvalue weighted by Crippen LogP contribution is -2.16. The van der Waals surface area contributed by atoms with Crippen molar-refractivity contribution in [2.75, 3.05) is 13.7 Å². The Morgan fingerprint density at radius 3 is 1.92 bits per heavy atom. The second-order valence-electron chi connectivity index (χ2n) is 2.12. The van der Waals surface area contributed by atoms with Gasteiger partial charge >= 0.3 is 11.9 Å². The van der Waals surface area contributed by atoms with Crippen LogP contribution >= 0.6 is 0 Å². The standard InChI is InChI=1S/C4H8O3.C4H8O2/c1-3(5)4(6)7-2;1-3-6-4(2)5/h3,5H,1-2H3;3H2,1-2H3. The van der Waals surface area contributed by atoms with E-state index in [1.54, 1.807) is 6.92 Å². The van der Waals surface area contributed by atoms with Crippen molar-refractivity contribution in [3.8, 4) is 0 Å². The normalized spacial score (nSPS) is 10.5. The first-order valence-electron chi connectivity index (χ1n) is 3.84. The molecule has 78 valence electrons. The summed E-state index contributed by atoms with van der Waals surface area (Å²) in [6, 6.07) is 0. The number of hydrogen-bond acceptors (Lipinski definition) is 5. The van der Waals surface area contributed by atoms with Gasteiger partial charge in [-0.3, -0.25) is 4.79 Å². The van der Waals surface area contributed by atoms with Crippen LogP contribution in [0.4, 0.5) is 0 Å². The maximum atomic E-state index is 10.0. The minimum absolute atomic E-state index is 0.211. The molecule has 5 heteroatoms. The molecule has 0 saturated carbocycles. The number of hydrogen-bond donors (Lipinski definition) is 1. The van der Waals surface area contributed by atoms with Crippen LogP contribution in [0.3, 0.4) is 0 Å². The highest BCUT2D eigenvalue weighted by atomic mass is 16.5. The van der Waals surface area contributed by atoms with Crippen molar-refractivity contribution in [2.24, 2.45) is 0 Å². The van der Waals surface area contributed by atoms with Gasteiger partial charge in [0.25, 0.3) is 0 Å². The van der Waals surface area contributed by atoms with Gasteiger partial charge in [-0.15, -0.1) is 0 Å². The quantitative estimate of drug-likeness (QED) is 0.628. The summed E-state index contributed by atoms with van der Waals surface area (Å²) >= 11 is 0. The van der Waals surface area contributed by atoms with Gasteiger partial charge in [0.15, 0.2) is 0 Å². The minimum atomic E-state index is -0.995. The fraction of sp³-hybridized carbons (Fsp3) is 0.750. The van der Waals surface area contributed by atoms with Gasteiger partial charge in [0, 0.05) is 6.92 Å². The van der Waals surface area contributed by atoms with E-state index >= 15 is 0 Å². The highest BCUT2D eigenvalue weighted by molar-refractivity contribution is 5.73. The zero-order valence-corrected chi connectivity index (χ0v) is 8.36. The summed E-state index contributed by atoms with van der Waals surface area (Å²) in [4.78, 5) is 19.9. The lowest BCUT2D eigenvalue weighted by atomic mass is 10.4. The molecule has 13 heavy (non-hydrogen) atoms. The number of carbonyl (C=O) groups is 2. The van der Waals surface area contributed by atoms with Gasteiger partial charge in [-0.1, -0.05) is 0 Å². The number of methoxy groups -OCH3 is 1. The number of carbonyl (C=O) groups excluding carboxylic acids is 2. The summed E-state index contributed by atoms with van der Waals surface area (Å²) in [5.74, 6) is -0.808. The van der Waals surface area contributed by atoms with Gasteiger partial charge in [0.05, 0.1) is 13.7 Å². The number of ether oxygens (including phenoxy) is 2. The van der Waals surface area contributed by atoms with Crippen molar-refractivity contribution in [3.63, 3.8) is 0 Å². The molecular weight excluding hydrogens is 176 g/mol. The van der Waals surface area contributed by atoms with E-state index in [2.05, 4.69) is 9.47 Å². The first-order chi connectivity index (χ1) is 5.95. The van der Waals surface area contributed by atoms with Crippen LogP contribution in [0.1, 0.15) is 20.8 Å². The predicted octanol–water partition coefficient (Wildman–Crippen LogP) is 0.110. The van der Waals surface area contributed by atoms with Crippen LogP contribution < -0.4 is 0 Å². The Hall–Kier alpha value is -1.10. The zero-order valence-electron chi connectivity index (χ0n) is 8.36. The molecule has 0 aromatic heterocycles. The van der Waals surface area contributed by atoms with Gasteiger partial charge in [-0.2, -0.15) is 0 Å². The first-order valence-corrected chi connectivity index (χ1v) is 3.84. The molecule has 0 aliphatic heterocycles. The van der Waals surface area contributed by atoms with E-state index in [0.29, 0.717) is 6.61 Å². The van der Waals surface area contributed by atoms with Crippen LogP contribution in [0, 0.1) is 0 Å². The van der Waals surface area contributed by atoms with Crippen LogP contribution in [0.15, 0.2) is 0 Å². The van der Waals surface area contributed by atoms with E-state index in [1.165, 1.54) is 21.0 Å². The van der Waals surface area contributed by atoms with Crippen molar-refractivity contribution in [1.29, 1.82) is 0 Å². The minimum Gasteiger partial charge on any atom is -0.467 e. The smallest absolute Gasteiger partial charge is 0.334 e. The molecule has 1 unspecified atom stereocenters. The maximum absolute atomic E-state index is 10.0. The Kier molecular flexibility index (Phi) is 9.98. The topological polar surface area (TPSA) is 72.8 Å². The fourth-order valence-electron chi connectivity index (χ4n) is 0.374. The van der Waals surface area contributed by atoms with Crippen molar-refractivity contribution < 1.29 is 24.2 Å². The summed E-state index contributed by atoms with van der Waals surface area (Å²) in [6.07, 6.45) is -0.995. The van der Waals surface area contributed by atoms with E-state index in [1.807, 2.05) is 0 Å². The molecule has 1 atom stereocenters. The zero-order chi connectivity index (χ0) is 10.9. The molecule has 0 aliphatic rings. The highest BCUT2D eigenvalue weighted by Crippen LogP contribution is 1.80. The molecule has 0 fully saturated rings. The van der Waals surface area contributed by atoms with E-state index < -0.39 is 12.1 Å². The van der Waals surface area contributed by atoms with Gasteiger partial charge in [0.1, 0.15) is 6.10 Å². The average molecular weight is 192 g/mol. The number of rotatable bonds is 2. The number of esters is 2. The first kappa shape index (κ1) is 14.4. The van der Waals surface area contributed by atoms with Crippen molar-refractivity contribution in [3.05, 3.63) is 0 Å². The summed E-state index contributed by atoms with van der Waals surface area (Å²) in [5.41, 5.74) is 0. The Labute approximate surface area is 77.6 Å². The Morgan fingerprint density at radius 1 is 1.46 bits per heavy atom. The summed E-state index contributed by atoms with van der Waals surface area (Å²) < 4.78 is 8.53. The molecule has 0 aromatic carbocycles. The van der Waals surface area contributed by atoms with E-state index in [4.69, 9.17) is 5.11 Å². The molecule has 0 aromatic rings. The monoisotopic (exact) mass is 192 g/mol. The van der Waals surface area contributed by atoms with E-state index in [0.717, 1.165) is 0 Å². The number of aliphatic hydroxyl groups excluding tert-OH is 1. The molecule has 0 spiro atoms. The lowest BCUT2D eigenvalue weighted by Gasteiger charge is -1.97. The molecule has 0 saturated heterocycles. The van der Waals surface area contributed by atoms with E-state index in [-0.39, 0.29) is 5.97 Å². The second kappa shape index (κ2) is 8.99.